The Morgan fingerprint density at radius 3 is 2.95 bits per heavy atom. The maximum atomic E-state index is 12.0. The molecule has 0 unspecified atom stereocenters. The molecule has 0 spiro atoms. The average molecular weight is 315 g/mol. The van der Waals surface area contributed by atoms with Crippen LogP contribution in [0.1, 0.15) is 16.3 Å². The number of carbonyl (C=O) groups excluding carboxylic acids is 1. The van der Waals surface area contributed by atoms with Gasteiger partial charge in [-0.05, 0) is 31.2 Å². The molecule has 0 aliphatic heterocycles. The third-order valence-corrected chi connectivity index (χ3v) is 3.66. The first-order valence-electron chi connectivity index (χ1n) is 6.97. The van der Waals surface area contributed by atoms with Crippen LogP contribution in [0.4, 0.5) is 0 Å². The Labute approximate surface area is 133 Å². The molecule has 1 aromatic carbocycles. The minimum Gasteiger partial charge on any atom is -0.349 e. The van der Waals surface area contributed by atoms with Crippen LogP contribution in [0.15, 0.2) is 42.6 Å². The topological polar surface area (TPSA) is 59.8 Å². The fourth-order valence-corrected chi connectivity index (χ4v) is 2.54. The average Bonchev–Trinajstić information content (AvgIpc) is 2.83. The highest BCUT2D eigenvalue weighted by Gasteiger charge is 2.09. The normalized spacial score (nSPS) is 10.8. The molecular weight excluding hydrogens is 300 g/mol. The number of carbonyl (C=O) groups is 1. The van der Waals surface area contributed by atoms with Crippen molar-refractivity contribution in [3.63, 3.8) is 0 Å². The predicted octanol–water partition coefficient (Wildman–Crippen LogP) is 2.82. The number of benzene rings is 1. The summed E-state index contributed by atoms with van der Waals surface area (Å²) in [4.78, 5) is 20.5. The van der Waals surface area contributed by atoms with E-state index >= 15 is 0 Å². The number of aromatic nitrogens is 3. The molecule has 0 aliphatic rings. The number of aryl methyl sites for hydroxylation is 1. The van der Waals surface area contributed by atoms with Crippen molar-refractivity contribution in [2.45, 2.75) is 13.5 Å². The van der Waals surface area contributed by atoms with E-state index < -0.39 is 0 Å². The Balaban J connectivity index is 1.67. The molecule has 3 aromatic rings. The van der Waals surface area contributed by atoms with Gasteiger partial charge in [-0.25, -0.2) is 4.98 Å². The van der Waals surface area contributed by atoms with E-state index in [9.17, 15) is 4.79 Å². The lowest BCUT2D eigenvalue weighted by Gasteiger charge is -2.08. The third kappa shape index (κ3) is 2.94. The molecule has 0 saturated heterocycles. The number of amides is 1. The van der Waals surface area contributed by atoms with Gasteiger partial charge in [-0.15, -0.1) is 0 Å². The number of nitrogens with zero attached hydrogens (tertiary/aromatic N) is 3. The summed E-state index contributed by atoms with van der Waals surface area (Å²) >= 11 is 5.86. The van der Waals surface area contributed by atoms with Gasteiger partial charge in [0.25, 0.3) is 5.91 Å². The molecule has 1 amide bonds. The number of fused-ring (bicyclic) bond motifs is 1. The van der Waals surface area contributed by atoms with Gasteiger partial charge in [0.05, 0.1) is 11.0 Å². The highest BCUT2D eigenvalue weighted by Crippen LogP contribution is 2.14. The summed E-state index contributed by atoms with van der Waals surface area (Å²) in [5.74, 6) is 0.695. The van der Waals surface area contributed by atoms with Gasteiger partial charge >= 0.3 is 0 Å². The summed E-state index contributed by atoms with van der Waals surface area (Å²) in [6, 6.07) is 11.1. The molecule has 1 N–H and O–H groups in total. The van der Waals surface area contributed by atoms with Crippen LogP contribution >= 0.6 is 11.6 Å². The Hall–Kier alpha value is -2.40. The maximum absolute atomic E-state index is 12.0. The van der Waals surface area contributed by atoms with Crippen LogP contribution in [0.5, 0.6) is 0 Å². The highest BCUT2D eigenvalue weighted by molar-refractivity contribution is 6.30. The van der Waals surface area contributed by atoms with E-state index in [1.807, 2.05) is 31.2 Å². The highest BCUT2D eigenvalue weighted by atomic mass is 35.5. The third-order valence-electron chi connectivity index (χ3n) is 3.42. The molecule has 6 heteroatoms. The Bertz CT molecular complexity index is 828. The Morgan fingerprint density at radius 2 is 2.14 bits per heavy atom. The molecule has 0 aliphatic carbocycles. The second-order valence-electron chi connectivity index (χ2n) is 4.91. The lowest BCUT2D eigenvalue weighted by Crippen LogP contribution is -2.28. The number of hydrogen-bond acceptors (Lipinski definition) is 3. The molecule has 0 radical (unpaired) electrons. The zero-order valence-electron chi connectivity index (χ0n) is 12.1. The summed E-state index contributed by atoms with van der Waals surface area (Å²) in [5, 5.41) is 3.34. The number of para-hydroxylation sites is 2. The van der Waals surface area contributed by atoms with Gasteiger partial charge in [-0.2, -0.15) is 0 Å². The van der Waals surface area contributed by atoms with E-state index in [0.29, 0.717) is 23.8 Å². The summed E-state index contributed by atoms with van der Waals surface area (Å²) in [5.41, 5.74) is 2.35. The summed E-state index contributed by atoms with van der Waals surface area (Å²) in [7, 11) is 0. The number of pyridine rings is 1. The summed E-state index contributed by atoms with van der Waals surface area (Å²) < 4.78 is 2.08. The number of hydrogen-bond donors (Lipinski definition) is 1. The fraction of sp³-hybridized carbons (Fsp3) is 0.188. The van der Waals surface area contributed by atoms with Crippen LogP contribution in [-0.4, -0.2) is 27.0 Å². The van der Waals surface area contributed by atoms with Crippen molar-refractivity contribution in [3.05, 3.63) is 59.1 Å². The monoisotopic (exact) mass is 314 g/mol. The quantitative estimate of drug-likeness (QED) is 0.805. The minimum absolute atomic E-state index is 0.232. The van der Waals surface area contributed by atoms with Gasteiger partial charge < -0.3 is 9.88 Å². The zero-order valence-corrected chi connectivity index (χ0v) is 12.8. The SMILES string of the molecule is Cc1nc2ccccc2n1CCNC(=O)c1cc(Cl)ccn1. The van der Waals surface area contributed by atoms with Crippen molar-refractivity contribution >= 4 is 28.5 Å². The largest absolute Gasteiger partial charge is 0.349 e. The number of rotatable bonds is 4. The van der Waals surface area contributed by atoms with Crippen molar-refractivity contribution in [3.8, 4) is 0 Å². The molecule has 0 fully saturated rings. The molecule has 0 bridgehead atoms. The summed E-state index contributed by atoms with van der Waals surface area (Å²) in [6.07, 6.45) is 1.52. The minimum atomic E-state index is -0.232. The van der Waals surface area contributed by atoms with Gasteiger partial charge in [0.1, 0.15) is 11.5 Å². The Kier molecular flexibility index (Phi) is 4.06. The lowest BCUT2D eigenvalue weighted by molar-refractivity contribution is 0.0947. The maximum Gasteiger partial charge on any atom is 0.269 e. The first-order valence-corrected chi connectivity index (χ1v) is 7.34. The lowest BCUT2D eigenvalue weighted by atomic mass is 10.3. The van der Waals surface area contributed by atoms with Gasteiger partial charge in [-0.1, -0.05) is 23.7 Å². The molecular formula is C16H15ClN4O. The molecule has 22 heavy (non-hydrogen) atoms. The van der Waals surface area contributed by atoms with Crippen LogP contribution in [0.25, 0.3) is 11.0 Å². The smallest absolute Gasteiger partial charge is 0.269 e. The fourth-order valence-electron chi connectivity index (χ4n) is 2.38. The van der Waals surface area contributed by atoms with Gasteiger partial charge in [0.2, 0.25) is 0 Å². The van der Waals surface area contributed by atoms with E-state index in [4.69, 9.17) is 11.6 Å². The molecule has 2 aromatic heterocycles. The molecule has 0 saturated carbocycles. The van der Waals surface area contributed by atoms with Crippen molar-refractivity contribution in [2.24, 2.45) is 0 Å². The van der Waals surface area contributed by atoms with E-state index in [2.05, 4.69) is 19.9 Å². The van der Waals surface area contributed by atoms with E-state index in [1.54, 1.807) is 12.1 Å². The number of imidazole rings is 1. The van der Waals surface area contributed by atoms with Crippen molar-refractivity contribution in [1.82, 2.24) is 19.9 Å². The van der Waals surface area contributed by atoms with Crippen molar-refractivity contribution in [1.29, 1.82) is 0 Å². The molecule has 0 atom stereocenters. The first-order chi connectivity index (χ1) is 10.6. The van der Waals surface area contributed by atoms with Crippen LogP contribution in [0.2, 0.25) is 5.02 Å². The van der Waals surface area contributed by atoms with E-state index in [0.717, 1.165) is 16.9 Å². The molecule has 2 heterocycles. The second-order valence-corrected chi connectivity index (χ2v) is 5.35. The predicted molar refractivity (Wildman–Crippen MR) is 86.1 cm³/mol. The van der Waals surface area contributed by atoms with E-state index in [1.165, 1.54) is 6.20 Å². The molecule has 5 nitrogen and oxygen atoms in total. The zero-order chi connectivity index (χ0) is 15.5. The van der Waals surface area contributed by atoms with Gasteiger partial charge in [0.15, 0.2) is 0 Å². The standard InChI is InChI=1S/C16H15ClN4O/c1-11-20-13-4-2-3-5-15(13)21(11)9-8-19-16(22)14-10-12(17)6-7-18-14/h2-7,10H,8-9H2,1H3,(H,19,22). The Morgan fingerprint density at radius 1 is 1.32 bits per heavy atom. The van der Waals surface area contributed by atoms with Crippen molar-refractivity contribution < 1.29 is 4.79 Å². The second kappa shape index (κ2) is 6.15. The van der Waals surface area contributed by atoms with Crippen LogP contribution in [-0.2, 0) is 6.54 Å². The van der Waals surface area contributed by atoms with Gasteiger partial charge in [-0.3, -0.25) is 9.78 Å². The van der Waals surface area contributed by atoms with Crippen LogP contribution in [0, 0.1) is 6.92 Å². The summed E-state index contributed by atoms with van der Waals surface area (Å²) in [6.45, 7) is 3.10. The molecule has 112 valence electrons. The van der Waals surface area contributed by atoms with Gasteiger partial charge in [0, 0.05) is 24.3 Å². The number of halogens is 1. The van der Waals surface area contributed by atoms with Crippen LogP contribution < -0.4 is 5.32 Å². The van der Waals surface area contributed by atoms with Crippen molar-refractivity contribution in [2.75, 3.05) is 6.54 Å². The van der Waals surface area contributed by atoms with E-state index in [-0.39, 0.29) is 5.91 Å². The molecule has 3 rings (SSSR count). The number of nitrogens with one attached hydrogen (secondary N) is 1. The first kappa shape index (κ1) is 14.5. The van der Waals surface area contributed by atoms with Crippen LogP contribution in [0.3, 0.4) is 0 Å².